The largest absolute Gasteiger partial charge is 0.350 e. The quantitative estimate of drug-likeness (QED) is 0.813. The second-order valence-electron chi connectivity index (χ2n) is 2.13. The zero-order valence-corrected chi connectivity index (χ0v) is 8.91. The van der Waals surface area contributed by atoms with E-state index in [-0.39, 0.29) is 5.91 Å². The molecule has 0 spiro atoms. The number of aryl methyl sites for hydroxylation is 1. The maximum absolute atomic E-state index is 11.3. The van der Waals surface area contributed by atoms with Crippen LogP contribution in [0.25, 0.3) is 0 Å². The second kappa shape index (κ2) is 4.51. The van der Waals surface area contributed by atoms with Crippen LogP contribution in [0.5, 0.6) is 0 Å². The number of hydrogen-bond acceptors (Lipinski definition) is 4. The number of amides is 1. The summed E-state index contributed by atoms with van der Waals surface area (Å²) < 4.78 is 3.67. The summed E-state index contributed by atoms with van der Waals surface area (Å²) in [4.78, 5) is 11.9. The summed E-state index contributed by atoms with van der Waals surface area (Å²) in [6.45, 7) is 2.39. The molecule has 0 aromatic carbocycles. The fourth-order valence-corrected chi connectivity index (χ4v) is 1.45. The minimum absolute atomic E-state index is 0.0954. The monoisotopic (exact) mass is 249 g/mol. The molecule has 1 rings (SSSR count). The van der Waals surface area contributed by atoms with Crippen molar-refractivity contribution in [2.45, 2.75) is 6.92 Å². The number of halogens is 1. The van der Waals surface area contributed by atoms with Gasteiger partial charge >= 0.3 is 0 Å². The van der Waals surface area contributed by atoms with Crippen LogP contribution in [-0.4, -0.2) is 27.4 Å². The Morgan fingerprint density at radius 3 is 3.00 bits per heavy atom. The Hall–Kier alpha value is -0.490. The fourth-order valence-electron chi connectivity index (χ4n) is 0.681. The van der Waals surface area contributed by atoms with Gasteiger partial charge in [0.2, 0.25) is 0 Å². The number of carbonyl (C=O) groups excluding carboxylic acids is 1. The fraction of sp³-hybridized carbons (Fsp3) is 0.500. The van der Waals surface area contributed by atoms with Crippen LogP contribution >= 0.6 is 27.5 Å². The molecule has 0 saturated heterocycles. The molecule has 0 fully saturated rings. The molecule has 12 heavy (non-hydrogen) atoms. The first-order valence-electron chi connectivity index (χ1n) is 3.39. The molecule has 6 heteroatoms. The molecule has 1 aromatic heterocycles. The molecule has 0 aliphatic heterocycles. The van der Waals surface area contributed by atoms with E-state index in [1.54, 1.807) is 6.92 Å². The van der Waals surface area contributed by atoms with Gasteiger partial charge in [0.25, 0.3) is 5.91 Å². The zero-order chi connectivity index (χ0) is 8.97. The van der Waals surface area contributed by atoms with Crippen molar-refractivity contribution >= 4 is 33.4 Å². The Morgan fingerprint density at radius 1 is 1.75 bits per heavy atom. The van der Waals surface area contributed by atoms with Crippen molar-refractivity contribution < 1.29 is 4.79 Å². The lowest BCUT2D eigenvalue weighted by Gasteiger charge is -1.98. The van der Waals surface area contributed by atoms with Crippen molar-refractivity contribution in [3.8, 4) is 0 Å². The zero-order valence-electron chi connectivity index (χ0n) is 6.50. The van der Waals surface area contributed by atoms with Crippen molar-refractivity contribution in [3.05, 3.63) is 10.6 Å². The van der Waals surface area contributed by atoms with Gasteiger partial charge in [-0.2, -0.15) is 0 Å². The average molecular weight is 250 g/mol. The molecule has 0 radical (unpaired) electrons. The second-order valence-corrected chi connectivity index (χ2v) is 3.68. The standard InChI is InChI=1S/C6H8BrN3OS/c1-4-5(12-10-9-4)6(11)8-3-2-7/h2-3H2,1H3,(H,8,11). The number of carbonyl (C=O) groups is 1. The highest BCUT2D eigenvalue weighted by molar-refractivity contribution is 9.09. The van der Waals surface area contributed by atoms with Gasteiger partial charge in [-0.1, -0.05) is 20.4 Å². The minimum Gasteiger partial charge on any atom is -0.350 e. The van der Waals surface area contributed by atoms with Gasteiger partial charge in [-0.25, -0.2) is 0 Å². The average Bonchev–Trinajstić information content (AvgIpc) is 2.47. The number of alkyl halides is 1. The molecular formula is C6H8BrN3OS. The SMILES string of the molecule is Cc1nnsc1C(=O)NCCBr. The van der Waals surface area contributed by atoms with E-state index in [0.29, 0.717) is 17.1 Å². The first kappa shape index (κ1) is 9.60. The van der Waals surface area contributed by atoms with Gasteiger partial charge in [-0.05, 0) is 18.5 Å². The first-order chi connectivity index (χ1) is 5.75. The normalized spacial score (nSPS) is 9.83. The molecular weight excluding hydrogens is 242 g/mol. The Bertz CT molecular complexity index is 276. The van der Waals surface area contributed by atoms with Crippen molar-refractivity contribution in [1.82, 2.24) is 14.9 Å². The van der Waals surface area contributed by atoms with Crippen LogP contribution in [0, 0.1) is 6.92 Å². The smallest absolute Gasteiger partial charge is 0.264 e. The molecule has 4 nitrogen and oxygen atoms in total. The summed E-state index contributed by atoms with van der Waals surface area (Å²) in [6.07, 6.45) is 0. The van der Waals surface area contributed by atoms with E-state index in [9.17, 15) is 4.79 Å². The molecule has 0 bridgehead atoms. The summed E-state index contributed by atoms with van der Waals surface area (Å²) in [7, 11) is 0. The maximum Gasteiger partial charge on any atom is 0.264 e. The molecule has 1 heterocycles. The minimum atomic E-state index is -0.0954. The number of rotatable bonds is 3. The summed E-state index contributed by atoms with van der Waals surface area (Å²) in [5.74, 6) is -0.0954. The van der Waals surface area contributed by atoms with E-state index in [0.717, 1.165) is 16.9 Å². The topological polar surface area (TPSA) is 54.9 Å². The maximum atomic E-state index is 11.3. The molecule has 0 aliphatic carbocycles. The molecule has 0 unspecified atom stereocenters. The van der Waals surface area contributed by atoms with Crippen molar-refractivity contribution in [2.75, 3.05) is 11.9 Å². The van der Waals surface area contributed by atoms with E-state index in [4.69, 9.17) is 0 Å². The van der Waals surface area contributed by atoms with Crippen LogP contribution in [0.4, 0.5) is 0 Å². The third kappa shape index (κ3) is 2.25. The summed E-state index contributed by atoms with van der Waals surface area (Å²) in [5.41, 5.74) is 0.687. The predicted molar refractivity (Wildman–Crippen MR) is 50.8 cm³/mol. The predicted octanol–water partition coefficient (Wildman–Crippen LogP) is 0.971. The highest BCUT2D eigenvalue weighted by Gasteiger charge is 2.11. The highest BCUT2D eigenvalue weighted by atomic mass is 79.9. The Kier molecular flexibility index (Phi) is 3.61. The lowest BCUT2D eigenvalue weighted by Crippen LogP contribution is -2.24. The van der Waals surface area contributed by atoms with Gasteiger partial charge in [0.15, 0.2) is 0 Å². The van der Waals surface area contributed by atoms with Crippen molar-refractivity contribution in [3.63, 3.8) is 0 Å². The van der Waals surface area contributed by atoms with E-state index in [1.807, 2.05) is 0 Å². The Morgan fingerprint density at radius 2 is 2.50 bits per heavy atom. The Balaban J connectivity index is 2.59. The van der Waals surface area contributed by atoms with Crippen molar-refractivity contribution in [2.24, 2.45) is 0 Å². The van der Waals surface area contributed by atoms with Crippen LogP contribution in [0.1, 0.15) is 15.4 Å². The van der Waals surface area contributed by atoms with Gasteiger partial charge < -0.3 is 5.32 Å². The molecule has 1 N–H and O–H groups in total. The van der Waals surface area contributed by atoms with E-state index in [2.05, 4.69) is 30.8 Å². The van der Waals surface area contributed by atoms with Crippen LogP contribution in [0.3, 0.4) is 0 Å². The third-order valence-corrected chi connectivity index (χ3v) is 2.46. The molecule has 0 atom stereocenters. The van der Waals surface area contributed by atoms with Crippen molar-refractivity contribution in [1.29, 1.82) is 0 Å². The van der Waals surface area contributed by atoms with Gasteiger partial charge in [0.05, 0.1) is 5.69 Å². The summed E-state index contributed by atoms with van der Waals surface area (Å²) in [5, 5.41) is 7.22. The van der Waals surface area contributed by atoms with Crippen LogP contribution in [0.2, 0.25) is 0 Å². The molecule has 66 valence electrons. The lowest BCUT2D eigenvalue weighted by molar-refractivity contribution is 0.0959. The summed E-state index contributed by atoms with van der Waals surface area (Å²) >= 11 is 4.34. The third-order valence-electron chi connectivity index (χ3n) is 1.24. The molecule has 1 amide bonds. The number of aromatic nitrogens is 2. The number of hydrogen-bond donors (Lipinski definition) is 1. The van der Waals surface area contributed by atoms with E-state index >= 15 is 0 Å². The van der Waals surface area contributed by atoms with E-state index in [1.165, 1.54) is 0 Å². The Labute approximate surface area is 82.7 Å². The number of nitrogens with zero attached hydrogens (tertiary/aromatic N) is 2. The molecule has 1 aromatic rings. The van der Waals surface area contributed by atoms with Crippen LogP contribution < -0.4 is 5.32 Å². The molecule has 0 aliphatic rings. The summed E-state index contributed by atoms with van der Waals surface area (Å²) in [6, 6.07) is 0. The first-order valence-corrected chi connectivity index (χ1v) is 5.28. The van der Waals surface area contributed by atoms with Crippen LogP contribution in [-0.2, 0) is 0 Å². The van der Waals surface area contributed by atoms with Gasteiger partial charge in [0, 0.05) is 11.9 Å². The van der Waals surface area contributed by atoms with Gasteiger partial charge in [-0.15, -0.1) is 5.10 Å². The van der Waals surface area contributed by atoms with Gasteiger partial charge in [0.1, 0.15) is 4.88 Å². The van der Waals surface area contributed by atoms with Crippen LogP contribution in [0.15, 0.2) is 0 Å². The highest BCUT2D eigenvalue weighted by Crippen LogP contribution is 2.07. The van der Waals surface area contributed by atoms with E-state index < -0.39 is 0 Å². The van der Waals surface area contributed by atoms with Gasteiger partial charge in [-0.3, -0.25) is 4.79 Å². The lowest BCUT2D eigenvalue weighted by atomic mass is 10.4. The molecule has 0 saturated carbocycles. The number of nitrogens with one attached hydrogen (secondary N) is 1.